The molecular formula is C32H43N3O9. The second-order valence-electron chi connectivity index (χ2n) is 11.0. The van der Waals surface area contributed by atoms with Crippen molar-refractivity contribution in [2.75, 3.05) is 13.7 Å². The number of esters is 2. The van der Waals surface area contributed by atoms with E-state index in [1.807, 2.05) is 60.7 Å². The van der Waals surface area contributed by atoms with Crippen LogP contribution in [0.1, 0.15) is 64.0 Å². The summed E-state index contributed by atoms with van der Waals surface area (Å²) in [7, 11) is 1.20. The number of carbonyl (C=O) groups excluding carboxylic acids is 5. The molecule has 0 aromatic heterocycles. The van der Waals surface area contributed by atoms with Gasteiger partial charge in [-0.25, -0.2) is 14.4 Å². The van der Waals surface area contributed by atoms with Crippen LogP contribution in [0.3, 0.4) is 0 Å². The van der Waals surface area contributed by atoms with Crippen LogP contribution in [-0.4, -0.2) is 61.4 Å². The van der Waals surface area contributed by atoms with E-state index in [2.05, 4.69) is 16.0 Å². The van der Waals surface area contributed by atoms with Gasteiger partial charge in [0.15, 0.2) is 0 Å². The average Bonchev–Trinajstić information content (AvgIpc) is 2.99. The van der Waals surface area contributed by atoms with E-state index in [-0.39, 0.29) is 32.5 Å². The van der Waals surface area contributed by atoms with Gasteiger partial charge < -0.3 is 34.9 Å². The Hall–Kier alpha value is -4.61. The van der Waals surface area contributed by atoms with Crippen molar-refractivity contribution in [3.05, 3.63) is 71.8 Å². The zero-order chi connectivity index (χ0) is 32.4. The number of methoxy groups -OCH3 is 1. The number of nitrogens with one attached hydrogen (secondary N) is 3. The van der Waals surface area contributed by atoms with Gasteiger partial charge in [0.25, 0.3) is 0 Å². The lowest BCUT2D eigenvalue weighted by atomic mass is 10.1. The van der Waals surface area contributed by atoms with Crippen molar-refractivity contribution in [2.45, 2.75) is 83.8 Å². The maximum absolute atomic E-state index is 13.2. The molecule has 2 atom stereocenters. The number of benzene rings is 2. The summed E-state index contributed by atoms with van der Waals surface area (Å²) in [4.78, 5) is 62.5. The fourth-order valence-electron chi connectivity index (χ4n) is 3.89. The van der Waals surface area contributed by atoms with E-state index in [4.69, 9.17) is 18.9 Å². The maximum atomic E-state index is 13.2. The van der Waals surface area contributed by atoms with E-state index < -0.39 is 47.7 Å². The highest BCUT2D eigenvalue weighted by Crippen LogP contribution is 2.11. The summed E-state index contributed by atoms with van der Waals surface area (Å²) in [6, 6.07) is 16.2. The monoisotopic (exact) mass is 613 g/mol. The number of alkyl carbamates (subject to hydrolysis) is 2. The molecule has 0 spiro atoms. The van der Waals surface area contributed by atoms with Crippen LogP contribution in [0.25, 0.3) is 0 Å². The molecule has 0 aliphatic rings. The molecule has 240 valence electrons. The summed E-state index contributed by atoms with van der Waals surface area (Å²) in [5.41, 5.74) is 0.848. The molecule has 0 heterocycles. The average molecular weight is 614 g/mol. The van der Waals surface area contributed by atoms with Crippen molar-refractivity contribution >= 4 is 30.0 Å². The Bertz CT molecular complexity index is 1200. The molecule has 0 aliphatic carbocycles. The minimum atomic E-state index is -1.19. The van der Waals surface area contributed by atoms with Crippen LogP contribution < -0.4 is 16.0 Å². The molecule has 0 saturated carbocycles. The summed E-state index contributed by atoms with van der Waals surface area (Å²) in [5.74, 6) is -1.92. The zero-order valence-corrected chi connectivity index (χ0v) is 25.8. The number of amides is 3. The molecule has 2 rings (SSSR count). The first-order valence-electron chi connectivity index (χ1n) is 14.5. The van der Waals surface area contributed by atoms with Crippen molar-refractivity contribution in [1.29, 1.82) is 0 Å². The van der Waals surface area contributed by atoms with Crippen LogP contribution in [0, 0.1) is 0 Å². The topological polar surface area (TPSA) is 158 Å². The Labute approximate surface area is 258 Å². The molecule has 12 nitrogen and oxygen atoms in total. The van der Waals surface area contributed by atoms with E-state index in [0.29, 0.717) is 19.4 Å². The van der Waals surface area contributed by atoms with Crippen LogP contribution in [0.15, 0.2) is 60.7 Å². The summed E-state index contributed by atoms with van der Waals surface area (Å²) in [5, 5.41) is 7.74. The van der Waals surface area contributed by atoms with Gasteiger partial charge in [0.05, 0.1) is 7.11 Å². The third-order valence-corrected chi connectivity index (χ3v) is 6.09. The van der Waals surface area contributed by atoms with Crippen molar-refractivity contribution in [3.63, 3.8) is 0 Å². The first-order chi connectivity index (χ1) is 21.0. The molecular weight excluding hydrogens is 570 g/mol. The standard InChI is InChI=1S/C32H43N3O9/c1-32(2,3)44-31(40)35-25(18-19-27(36)42-21-23-13-7-5-8-14-23)28(37)34-26(29(38)41-4)17-11-12-20-33-30(39)43-22-24-15-9-6-10-16-24/h5-10,13-16,25-26H,11-12,17-22H2,1-4H3,(H,33,39)(H,34,37)(H,35,40)/t25-,26-/m1/s1. The highest BCUT2D eigenvalue weighted by Gasteiger charge is 2.29. The van der Waals surface area contributed by atoms with Crippen molar-refractivity contribution < 1.29 is 42.9 Å². The predicted octanol–water partition coefficient (Wildman–Crippen LogP) is 4.16. The normalized spacial score (nSPS) is 12.2. The summed E-state index contributed by atoms with van der Waals surface area (Å²) in [6.45, 7) is 5.53. The molecule has 0 aliphatic heterocycles. The predicted molar refractivity (Wildman–Crippen MR) is 161 cm³/mol. The lowest BCUT2D eigenvalue weighted by molar-refractivity contribution is -0.147. The molecule has 0 fully saturated rings. The van der Waals surface area contributed by atoms with Gasteiger partial charge in [0, 0.05) is 13.0 Å². The second-order valence-corrected chi connectivity index (χ2v) is 11.0. The van der Waals surface area contributed by atoms with Gasteiger partial charge in [-0.05, 0) is 57.6 Å². The molecule has 2 aromatic carbocycles. The van der Waals surface area contributed by atoms with Crippen molar-refractivity contribution in [2.24, 2.45) is 0 Å². The first kappa shape index (κ1) is 35.6. The molecule has 0 saturated heterocycles. The fourth-order valence-corrected chi connectivity index (χ4v) is 3.89. The van der Waals surface area contributed by atoms with Crippen molar-refractivity contribution in [1.82, 2.24) is 16.0 Å². The maximum Gasteiger partial charge on any atom is 0.408 e. The summed E-state index contributed by atoms with van der Waals surface area (Å²) >= 11 is 0. The van der Waals surface area contributed by atoms with Crippen molar-refractivity contribution in [3.8, 4) is 0 Å². The van der Waals surface area contributed by atoms with Crippen LogP contribution in [0.5, 0.6) is 0 Å². The highest BCUT2D eigenvalue weighted by molar-refractivity contribution is 5.90. The van der Waals surface area contributed by atoms with E-state index in [0.717, 1.165) is 11.1 Å². The van der Waals surface area contributed by atoms with Crippen LogP contribution in [0.4, 0.5) is 9.59 Å². The molecule has 3 amide bonds. The Morgan fingerprint density at radius 3 is 1.89 bits per heavy atom. The van der Waals surface area contributed by atoms with Gasteiger partial charge in [-0.3, -0.25) is 9.59 Å². The minimum absolute atomic E-state index is 0.0695. The van der Waals surface area contributed by atoms with E-state index >= 15 is 0 Å². The molecule has 3 N–H and O–H groups in total. The lowest BCUT2D eigenvalue weighted by Gasteiger charge is -2.24. The number of rotatable bonds is 16. The molecule has 2 aromatic rings. The summed E-state index contributed by atoms with van der Waals surface area (Å²) in [6.07, 6.45) is -0.527. The highest BCUT2D eigenvalue weighted by atomic mass is 16.6. The Morgan fingerprint density at radius 2 is 1.32 bits per heavy atom. The fraction of sp³-hybridized carbons (Fsp3) is 0.469. The first-order valence-corrected chi connectivity index (χ1v) is 14.5. The zero-order valence-electron chi connectivity index (χ0n) is 25.8. The molecule has 12 heteroatoms. The van der Waals surface area contributed by atoms with E-state index in [9.17, 15) is 24.0 Å². The minimum Gasteiger partial charge on any atom is -0.467 e. The van der Waals surface area contributed by atoms with Gasteiger partial charge in [0.2, 0.25) is 5.91 Å². The van der Waals surface area contributed by atoms with Gasteiger partial charge in [0.1, 0.15) is 30.9 Å². The molecule has 0 unspecified atom stereocenters. The van der Waals surface area contributed by atoms with Gasteiger partial charge in [-0.1, -0.05) is 60.7 Å². The third-order valence-electron chi connectivity index (χ3n) is 6.09. The van der Waals surface area contributed by atoms with Gasteiger partial charge in [-0.2, -0.15) is 0 Å². The Balaban J connectivity index is 1.88. The Morgan fingerprint density at radius 1 is 0.727 bits per heavy atom. The third kappa shape index (κ3) is 15.0. The van der Waals surface area contributed by atoms with E-state index in [1.54, 1.807) is 20.8 Å². The quantitative estimate of drug-likeness (QED) is 0.144. The smallest absolute Gasteiger partial charge is 0.408 e. The molecule has 0 radical (unpaired) electrons. The number of hydrogen-bond donors (Lipinski definition) is 3. The summed E-state index contributed by atoms with van der Waals surface area (Å²) < 4.78 is 20.6. The van der Waals surface area contributed by atoms with Crippen LogP contribution in [-0.2, 0) is 46.5 Å². The van der Waals surface area contributed by atoms with Crippen LogP contribution in [0.2, 0.25) is 0 Å². The Kier molecular flexibility index (Phi) is 15.2. The number of carbonyl (C=O) groups is 5. The van der Waals surface area contributed by atoms with Gasteiger partial charge >= 0.3 is 24.1 Å². The number of unbranched alkanes of at least 4 members (excludes halogenated alkanes) is 1. The van der Waals surface area contributed by atoms with E-state index in [1.165, 1.54) is 7.11 Å². The number of ether oxygens (including phenoxy) is 4. The second kappa shape index (κ2) is 18.8. The SMILES string of the molecule is COC(=O)[C@@H](CCCCNC(=O)OCc1ccccc1)NC(=O)[C@@H](CCC(=O)OCc1ccccc1)NC(=O)OC(C)(C)C. The molecule has 0 bridgehead atoms. The number of hydrogen-bond acceptors (Lipinski definition) is 9. The lowest BCUT2D eigenvalue weighted by Crippen LogP contribution is -2.52. The largest absolute Gasteiger partial charge is 0.467 e. The van der Waals surface area contributed by atoms with Crippen LogP contribution >= 0.6 is 0 Å². The molecule has 44 heavy (non-hydrogen) atoms. The van der Waals surface area contributed by atoms with Gasteiger partial charge in [-0.15, -0.1) is 0 Å².